The third-order valence-electron chi connectivity index (χ3n) is 2.95. The molecule has 3 nitrogen and oxygen atoms in total. The second kappa shape index (κ2) is 9.11. The molecule has 0 aromatic heterocycles. The quantitative estimate of drug-likeness (QED) is 0.320. The lowest BCUT2D eigenvalue weighted by atomic mass is 9.96. The minimum Gasteiger partial charge on any atom is -0.205 e. The predicted molar refractivity (Wildman–Crippen MR) is 99.7 cm³/mol. The van der Waals surface area contributed by atoms with Crippen LogP contribution in [0.4, 0.5) is 0 Å². The molecule has 0 bridgehead atoms. The van der Waals surface area contributed by atoms with Gasteiger partial charge in [-0.2, -0.15) is 0 Å². The predicted octanol–water partition coefficient (Wildman–Crippen LogP) is 6.38. The molecule has 0 aromatic carbocycles. The SMILES string of the molecule is O=S(=O)(C(Cl)=C(Cl)Cl)N(SC(Cl)(Cl)C(Cl)Cl)C1CCCCC1. The lowest BCUT2D eigenvalue weighted by Gasteiger charge is -2.35. The Balaban J connectivity index is 3.19. The molecule has 0 atom stereocenters. The Morgan fingerprint density at radius 3 is 2.00 bits per heavy atom. The molecule has 0 spiro atoms. The Morgan fingerprint density at radius 2 is 1.59 bits per heavy atom. The molecule has 0 radical (unpaired) electrons. The highest BCUT2D eigenvalue weighted by molar-refractivity contribution is 8.12. The van der Waals surface area contributed by atoms with Crippen molar-refractivity contribution < 1.29 is 8.42 Å². The van der Waals surface area contributed by atoms with Gasteiger partial charge in [0.1, 0.15) is 4.49 Å². The highest BCUT2D eigenvalue weighted by atomic mass is 35.5. The first kappa shape index (κ1) is 22.1. The smallest absolute Gasteiger partial charge is 0.205 e. The summed E-state index contributed by atoms with van der Waals surface area (Å²) in [5.74, 6) is 0. The van der Waals surface area contributed by atoms with Gasteiger partial charge < -0.3 is 0 Å². The van der Waals surface area contributed by atoms with E-state index in [-0.39, 0.29) is 6.04 Å². The Morgan fingerprint density at radius 1 is 1.09 bits per heavy atom. The van der Waals surface area contributed by atoms with E-state index in [2.05, 4.69) is 0 Å². The van der Waals surface area contributed by atoms with Crippen LogP contribution in [0.25, 0.3) is 0 Å². The van der Waals surface area contributed by atoms with Crippen molar-refractivity contribution in [1.82, 2.24) is 3.71 Å². The van der Waals surface area contributed by atoms with Crippen molar-refractivity contribution in [3.63, 3.8) is 0 Å². The number of hydrogen-bond donors (Lipinski definition) is 0. The molecule has 1 saturated carbocycles. The van der Waals surface area contributed by atoms with E-state index >= 15 is 0 Å². The van der Waals surface area contributed by atoms with Gasteiger partial charge in [-0.3, -0.25) is 0 Å². The average molecular weight is 491 g/mol. The van der Waals surface area contributed by atoms with Gasteiger partial charge in [0, 0.05) is 6.04 Å². The summed E-state index contributed by atoms with van der Waals surface area (Å²) in [6, 6.07) is -0.353. The van der Waals surface area contributed by atoms with Crippen LogP contribution in [0, 0.1) is 0 Å². The van der Waals surface area contributed by atoms with Gasteiger partial charge in [0.25, 0.3) is 10.0 Å². The maximum atomic E-state index is 12.6. The van der Waals surface area contributed by atoms with Crippen molar-refractivity contribution in [3.05, 3.63) is 8.86 Å². The Hall–Kier alpha value is 2.03. The molecule has 0 saturated heterocycles. The summed E-state index contributed by atoms with van der Waals surface area (Å²) in [6.45, 7) is 0. The number of nitrogens with zero attached hydrogens (tertiary/aromatic N) is 1. The molecule has 0 unspecified atom stereocenters. The highest BCUT2D eigenvalue weighted by Gasteiger charge is 2.44. The average Bonchev–Trinajstić information content (AvgIpc) is 2.44. The van der Waals surface area contributed by atoms with E-state index in [1.54, 1.807) is 0 Å². The molecule has 22 heavy (non-hydrogen) atoms. The zero-order valence-corrected chi connectivity index (χ0v) is 17.8. The molecule has 130 valence electrons. The van der Waals surface area contributed by atoms with E-state index in [0.717, 1.165) is 23.0 Å². The fourth-order valence-corrected chi connectivity index (χ4v) is 6.41. The lowest BCUT2D eigenvalue weighted by Crippen LogP contribution is -2.40. The van der Waals surface area contributed by atoms with Crippen LogP contribution in [0.15, 0.2) is 8.86 Å². The van der Waals surface area contributed by atoms with E-state index in [1.165, 1.54) is 0 Å². The van der Waals surface area contributed by atoms with Gasteiger partial charge in [0.2, 0.25) is 3.67 Å². The summed E-state index contributed by atoms with van der Waals surface area (Å²) < 4.78 is 23.2. The minimum atomic E-state index is -4.18. The molecule has 1 aliphatic rings. The van der Waals surface area contributed by atoms with Crippen molar-refractivity contribution in [2.45, 2.75) is 46.6 Å². The van der Waals surface area contributed by atoms with Crippen LogP contribution in [-0.4, -0.2) is 26.7 Å². The minimum absolute atomic E-state index is 0.353. The number of halogens is 7. The zero-order chi connectivity index (χ0) is 17.1. The highest BCUT2D eigenvalue weighted by Crippen LogP contribution is 2.48. The van der Waals surface area contributed by atoms with Crippen molar-refractivity contribution in [2.24, 2.45) is 0 Å². The van der Waals surface area contributed by atoms with Crippen molar-refractivity contribution in [1.29, 1.82) is 0 Å². The van der Waals surface area contributed by atoms with E-state index in [1.807, 2.05) is 0 Å². The van der Waals surface area contributed by atoms with Crippen LogP contribution in [-0.2, 0) is 10.0 Å². The van der Waals surface area contributed by atoms with Gasteiger partial charge in [-0.15, -0.1) is 26.9 Å². The second-order valence-corrected chi connectivity index (χ2v) is 12.2. The molecular weight excluding hydrogens is 478 g/mol. The maximum Gasteiger partial charge on any atom is 0.265 e. The fraction of sp³-hybridized carbons (Fsp3) is 0.800. The van der Waals surface area contributed by atoms with Crippen LogP contribution in [0.3, 0.4) is 0 Å². The van der Waals surface area contributed by atoms with Crippen LogP contribution in [0.2, 0.25) is 0 Å². The van der Waals surface area contributed by atoms with Crippen molar-refractivity contribution in [2.75, 3.05) is 0 Å². The number of hydrogen-bond acceptors (Lipinski definition) is 3. The third-order valence-corrected chi connectivity index (χ3v) is 9.93. The molecule has 1 rings (SSSR count). The van der Waals surface area contributed by atoms with Gasteiger partial charge in [-0.05, 0) is 24.8 Å². The van der Waals surface area contributed by atoms with Gasteiger partial charge in [-0.1, -0.05) is 77.3 Å². The molecule has 0 amide bonds. The molecule has 1 fully saturated rings. The molecule has 0 aromatic rings. The number of sulfonamides is 1. The second-order valence-electron chi connectivity index (χ2n) is 4.54. The molecule has 0 N–H and O–H groups in total. The first-order valence-corrected chi connectivity index (χ1v) is 11.1. The van der Waals surface area contributed by atoms with Crippen LogP contribution in [0.5, 0.6) is 0 Å². The fourth-order valence-electron chi connectivity index (χ4n) is 1.95. The van der Waals surface area contributed by atoms with Crippen LogP contribution >= 0.6 is 93.2 Å². The van der Waals surface area contributed by atoms with Gasteiger partial charge in [0.05, 0.1) is 0 Å². The van der Waals surface area contributed by atoms with E-state index in [9.17, 15) is 8.42 Å². The van der Waals surface area contributed by atoms with Gasteiger partial charge in [-0.25, -0.2) is 8.42 Å². The number of alkyl halides is 4. The van der Waals surface area contributed by atoms with Crippen LogP contribution < -0.4 is 0 Å². The van der Waals surface area contributed by atoms with E-state index in [0.29, 0.717) is 24.8 Å². The molecule has 0 heterocycles. The first-order chi connectivity index (χ1) is 10.00. The standard InChI is InChI=1S/C10H12Cl7NO2S2/c11-7(12)8(13)22(19,20)18(6-4-2-1-3-5-6)21-10(16,17)9(14)15/h6,9H,1-5H2. The normalized spacial score (nSPS) is 18.0. The third kappa shape index (κ3) is 5.79. The largest absolute Gasteiger partial charge is 0.265 e. The Bertz CT molecular complexity index is 513. The summed E-state index contributed by atoms with van der Waals surface area (Å²) in [5, 5.41) is 0. The van der Waals surface area contributed by atoms with E-state index < -0.39 is 27.4 Å². The lowest BCUT2D eigenvalue weighted by molar-refractivity contribution is 0.347. The maximum absolute atomic E-state index is 12.6. The van der Waals surface area contributed by atoms with Crippen molar-refractivity contribution in [3.8, 4) is 0 Å². The summed E-state index contributed by atoms with van der Waals surface area (Å²) in [7, 11) is -4.18. The summed E-state index contributed by atoms with van der Waals surface area (Å²) in [5.41, 5.74) is 0. The monoisotopic (exact) mass is 487 g/mol. The van der Waals surface area contributed by atoms with Gasteiger partial charge >= 0.3 is 0 Å². The van der Waals surface area contributed by atoms with Crippen molar-refractivity contribution >= 4 is 103 Å². The number of rotatable bonds is 6. The van der Waals surface area contributed by atoms with Gasteiger partial charge in [0.15, 0.2) is 9.20 Å². The summed E-state index contributed by atoms with van der Waals surface area (Å²) in [4.78, 5) is -1.23. The summed E-state index contributed by atoms with van der Waals surface area (Å²) >= 11 is 40.8. The molecule has 1 aliphatic carbocycles. The molecule has 0 aliphatic heterocycles. The Kier molecular flexibility index (Phi) is 9.14. The zero-order valence-electron chi connectivity index (χ0n) is 10.9. The topological polar surface area (TPSA) is 37.4 Å². The molecular formula is C10H12Cl7NO2S2. The summed E-state index contributed by atoms with van der Waals surface area (Å²) in [6.07, 6.45) is 4.03. The molecule has 12 heteroatoms. The van der Waals surface area contributed by atoms with E-state index in [4.69, 9.17) is 81.2 Å². The van der Waals surface area contributed by atoms with Crippen LogP contribution in [0.1, 0.15) is 32.1 Å². The Labute approximate surface area is 169 Å². The first-order valence-electron chi connectivity index (χ1n) is 6.10.